The lowest BCUT2D eigenvalue weighted by molar-refractivity contribution is 0.0953. The number of aliphatic hydroxyl groups excluding tert-OH is 1. The van der Waals surface area contributed by atoms with Crippen molar-refractivity contribution in [2.45, 2.75) is 13.0 Å². The van der Waals surface area contributed by atoms with Crippen molar-refractivity contribution < 1.29 is 9.90 Å². The number of hydrogen-bond acceptors (Lipinski definition) is 5. The molecule has 1 aromatic heterocycles. The van der Waals surface area contributed by atoms with Crippen molar-refractivity contribution in [3.05, 3.63) is 29.6 Å². The van der Waals surface area contributed by atoms with Crippen LogP contribution in [0.1, 0.15) is 22.5 Å². The number of hydrogen-bond donors (Lipinski definition) is 3. The fourth-order valence-corrected chi connectivity index (χ4v) is 2.17. The predicted octanol–water partition coefficient (Wildman–Crippen LogP) is -0.501. The van der Waals surface area contributed by atoms with Gasteiger partial charge in [0, 0.05) is 25.9 Å². The van der Waals surface area contributed by atoms with Gasteiger partial charge in [0.1, 0.15) is 0 Å². The molecule has 1 aliphatic heterocycles. The SMILES string of the molecule is NNC(=O)c1ccc(CN2CCC(CO)C2)nc1. The van der Waals surface area contributed by atoms with Crippen LogP contribution in [0.4, 0.5) is 0 Å². The Bertz CT molecular complexity index is 407. The number of rotatable bonds is 4. The molecule has 1 aromatic rings. The van der Waals surface area contributed by atoms with Crippen molar-refractivity contribution in [1.29, 1.82) is 0 Å². The molecule has 1 atom stereocenters. The van der Waals surface area contributed by atoms with Gasteiger partial charge in [-0.25, -0.2) is 5.84 Å². The van der Waals surface area contributed by atoms with Crippen molar-refractivity contribution in [1.82, 2.24) is 15.3 Å². The summed E-state index contributed by atoms with van der Waals surface area (Å²) >= 11 is 0. The number of hydrazine groups is 1. The van der Waals surface area contributed by atoms with Gasteiger partial charge in [-0.2, -0.15) is 0 Å². The van der Waals surface area contributed by atoms with E-state index in [0.717, 1.165) is 31.7 Å². The number of pyridine rings is 1. The van der Waals surface area contributed by atoms with Gasteiger partial charge in [-0.1, -0.05) is 0 Å². The van der Waals surface area contributed by atoms with Crippen molar-refractivity contribution in [2.75, 3.05) is 19.7 Å². The summed E-state index contributed by atoms with van der Waals surface area (Å²) in [7, 11) is 0. The number of nitrogen functional groups attached to an aromatic ring is 1. The third-order valence-corrected chi connectivity index (χ3v) is 3.23. The third-order valence-electron chi connectivity index (χ3n) is 3.23. The highest BCUT2D eigenvalue weighted by Crippen LogP contribution is 2.17. The minimum absolute atomic E-state index is 0.250. The zero-order valence-corrected chi connectivity index (χ0v) is 10.2. The fraction of sp³-hybridized carbons (Fsp3) is 0.500. The summed E-state index contributed by atoms with van der Waals surface area (Å²) in [5, 5.41) is 9.08. The first-order valence-electron chi connectivity index (χ1n) is 6.02. The topological polar surface area (TPSA) is 91.5 Å². The molecule has 4 N–H and O–H groups in total. The summed E-state index contributed by atoms with van der Waals surface area (Å²) in [5.74, 6) is 5.09. The molecule has 1 amide bonds. The van der Waals surface area contributed by atoms with Crippen LogP contribution in [0, 0.1) is 5.92 Å². The lowest BCUT2D eigenvalue weighted by Crippen LogP contribution is -2.30. The van der Waals surface area contributed by atoms with E-state index in [1.807, 2.05) is 6.07 Å². The maximum atomic E-state index is 11.2. The van der Waals surface area contributed by atoms with E-state index in [1.165, 1.54) is 6.20 Å². The van der Waals surface area contributed by atoms with Crippen LogP contribution in [0.15, 0.2) is 18.3 Å². The lowest BCUT2D eigenvalue weighted by atomic mass is 10.1. The average molecular weight is 250 g/mol. The molecule has 1 unspecified atom stereocenters. The number of nitrogens with one attached hydrogen (secondary N) is 1. The molecule has 2 rings (SSSR count). The molecular weight excluding hydrogens is 232 g/mol. The van der Waals surface area contributed by atoms with Gasteiger partial charge in [-0.05, 0) is 31.0 Å². The highest BCUT2D eigenvalue weighted by molar-refractivity contribution is 5.93. The van der Waals surface area contributed by atoms with Gasteiger partial charge in [0.15, 0.2) is 0 Å². The summed E-state index contributed by atoms with van der Waals surface area (Å²) < 4.78 is 0. The Balaban J connectivity index is 1.92. The molecule has 0 spiro atoms. The van der Waals surface area contributed by atoms with E-state index in [1.54, 1.807) is 6.07 Å². The maximum Gasteiger partial charge on any atom is 0.266 e. The maximum absolute atomic E-state index is 11.2. The average Bonchev–Trinajstić information content (AvgIpc) is 2.86. The van der Waals surface area contributed by atoms with E-state index in [2.05, 4.69) is 15.3 Å². The van der Waals surface area contributed by atoms with Crippen molar-refractivity contribution in [3.8, 4) is 0 Å². The molecule has 0 radical (unpaired) electrons. The van der Waals surface area contributed by atoms with Crippen LogP contribution >= 0.6 is 0 Å². The second-order valence-corrected chi connectivity index (χ2v) is 4.58. The summed E-state index contributed by atoms with van der Waals surface area (Å²) in [5.41, 5.74) is 3.44. The van der Waals surface area contributed by atoms with Gasteiger partial charge < -0.3 is 5.11 Å². The molecule has 6 heteroatoms. The number of carbonyl (C=O) groups excluding carboxylic acids is 1. The van der Waals surface area contributed by atoms with Gasteiger partial charge in [-0.3, -0.25) is 20.1 Å². The molecule has 0 saturated carbocycles. The van der Waals surface area contributed by atoms with Crippen LogP contribution < -0.4 is 11.3 Å². The van der Waals surface area contributed by atoms with E-state index in [9.17, 15) is 4.79 Å². The Labute approximate surface area is 106 Å². The minimum Gasteiger partial charge on any atom is -0.396 e. The number of nitrogens with zero attached hydrogens (tertiary/aromatic N) is 2. The molecule has 2 heterocycles. The van der Waals surface area contributed by atoms with E-state index in [0.29, 0.717) is 11.5 Å². The number of aromatic nitrogens is 1. The van der Waals surface area contributed by atoms with Crippen LogP contribution in [-0.4, -0.2) is 40.6 Å². The van der Waals surface area contributed by atoms with Gasteiger partial charge in [0.25, 0.3) is 5.91 Å². The van der Waals surface area contributed by atoms with Gasteiger partial charge in [-0.15, -0.1) is 0 Å². The second kappa shape index (κ2) is 5.90. The Kier molecular flexibility index (Phi) is 4.24. The fourth-order valence-electron chi connectivity index (χ4n) is 2.17. The molecule has 1 saturated heterocycles. The third kappa shape index (κ3) is 3.04. The largest absolute Gasteiger partial charge is 0.396 e. The highest BCUT2D eigenvalue weighted by atomic mass is 16.3. The van der Waals surface area contributed by atoms with Crippen LogP contribution in [0.25, 0.3) is 0 Å². The molecule has 6 nitrogen and oxygen atoms in total. The first-order valence-corrected chi connectivity index (χ1v) is 6.02. The number of aliphatic hydroxyl groups is 1. The van der Waals surface area contributed by atoms with Crippen molar-refractivity contribution >= 4 is 5.91 Å². The zero-order valence-electron chi connectivity index (χ0n) is 10.2. The summed E-state index contributed by atoms with van der Waals surface area (Å²) in [6, 6.07) is 3.54. The van der Waals surface area contributed by atoms with Gasteiger partial charge in [0.05, 0.1) is 11.3 Å². The number of nitrogens with two attached hydrogens (primary N) is 1. The standard InChI is InChI=1S/C12H18N4O2/c13-15-12(18)10-1-2-11(14-5-10)7-16-4-3-9(6-16)8-17/h1-2,5,9,17H,3-4,6-8,13H2,(H,15,18). The van der Waals surface area contributed by atoms with Gasteiger partial charge >= 0.3 is 0 Å². The van der Waals surface area contributed by atoms with Crippen LogP contribution in [0.5, 0.6) is 0 Å². The smallest absolute Gasteiger partial charge is 0.266 e. The first kappa shape index (κ1) is 12.9. The molecule has 0 bridgehead atoms. The summed E-state index contributed by atoms with van der Waals surface area (Å²) in [6.45, 7) is 2.89. The van der Waals surface area contributed by atoms with E-state index < -0.39 is 0 Å². The quantitative estimate of drug-likeness (QED) is 0.381. The zero-order chi connectivity index (χ0) is 13.0. The van der Waals surface area contributed by atoms with Crippen LogP contribution in [-0.2, 0) is 6.54 Å². The summed E-state index contributed by atoms with van der Waals surface area (Å²) in [6.07, 6.45) is 2.56. The molecule has 1 fully saturated rings. The molecule has 0 aliphatic carbocycles. The lowest BCUT2D eigenvalue weighted by Gasteiger charge is -2.14. The van der Waals surface area contributed by atoms with E-state index in [4.69, 9.17) is 10.9 Å². The van der Waals surface area contributed by atoms with Gasteiger partial charge in [0.2, 0.25) is 0 Å². The molecule has 98 valence electrons. The first-order chi connectivity index (χ1) is 8.72. The minimum atomic E-state index is -0.337. The van der Waals surface area contributed by atoms with Crippen molar-refractivity contribution in [2.24, 2.45) is 11.8 Å². The normalized spacial score (nSPS) is 20.0. The Morgan fingerprint density at radius 2 is 2.44 bits per heavy atom. The number of amides is 1. The Hall–Kier alpha value is -1.50. The number of likely N-dealkylation sites (tertiary alicyclic amines) is 1. The van der Waals surface area contributed by atoms with Crippen LogP contribution in [0.2, 0.25) is 0 Å². The Morgan fingerprint density at radius 3 is 3.00 bits per heavy atom. The van der Waals surface area contributed by atoms with E-state index >= 15 is 0 Å². The molecule has 18 heavy (non-hydrogen) atoms. The van der Waals surface area contributed by atoms with E-state index in [-0.39, 0.29) is 12.5 Å². The second-order valence-electron chi connectivity index (χ2n) is 4.58. The van der Waals surface area contributed by atoms with Crippen molar-refractivity contribution in [3.63, 3.8) is 0 Å². The molecule has 0 aromatic carbocycles. The monoisotopic (exact) mass is 250 g/mol. The molecular formula is C12H18N4O2. The predicted molar refractivity (Wildman–Crippen MR) is 66.4 cm³/mol. The summed E-state index contributed by atoms with van der Waals surface area (Å²) in [4.78, 5) is 17.7. The van der Waals surface area contributed by atoms with Crippen LogP contribution in [0.3, 0.4) is 0 Å². The highest BCUT2D eigenvalue weighted by Gasteiger charge is 2.21. The number of carbonyl (C=O) groups is 1. The Morgan fingerprint density at radius 1 is 1.61 bits per heavy atom. The molecule has 1 aliphatic rings.